The van der Waals surface area contributed by atoms with Crippen LogP contribution in [-0.4, -0.2) is 18.7 Å². The van der Waals surface area contributed by atoms with Gasteiger partial charge in [0.25, 0.3) is 0 Å². The van der Waals surface area contributed by atoms with E-state index in [4.69, 9.17) is 14.9 Å². The van der Waals surface area contributed by atoms with Gasteiger partial charge in [-0.3, -0.25) is 0 Å². The smallest absolute Gasteiger partial charge is 0.212 e. The van der Waals surface area contributed by atoms with Gasteiger partial charge in [0.05, 0.1) is 10.5 Å². The highest BCUT2D eigenvalue weighted by molar-refractivity contribution is 9.10. The number of fused-ring (bicyclic) bond motifs is 1. The van der Waals surface area contributed by atoms with E-state index in [9.17, 15) is 0 Å². The van der Waals surface area contributed by atoms with Gasteiger partial charge in [-0.25, -0.2) is 4.98 Å². The van der Waals surface area contributed by atoms with Crippen molar-refractivity contribution in [2.24, 2.45) is 5.73 Å². The van der Waals surface area contributed by atoms with Crippen LogP contribution >= 0.6 is 15.9 Å². The zero-order valence-electron chi connectivity index (χ0n) is 9.65. The van der Waals surface area contributed by atoms with Crippen LogP contribution in [0.15, 0.2) is 27.1 Å². The first-order valence-electron chi connectivity index (χ1n) is 5.52. The largest absolute Gasteiger partial charge is 0.438 e. The topological polar surface area (TPSA) is 61.3 Å². The summed E-state index contributed by atoms with van der Waals surface area (Å²) >= 11 is 3.43. The summed E-state index contributed by atoms with van der Waals surface area (Å²) in [7, 11) is 1.68. The second-order valence-electron chi connectivity index (χ2n) is 3.88. The Hall–Kier alpha value is -0.910. The van der Waals surface area contributed by atoms with Crippen LogP contribution in [0.1, 0.15) is 24.8 Å². The van der Waals surface area contributed by atoms with E-state index < -0.39 is 0 Å². The molecule has 1 heterocycles. The third-order valence-electron chi connectivity index (χ3n) is 2.56. The maximum atomic E-state index is 6.02. The standard InChI is InChI=1S/C12H15BrN2O2/c1-16-7-3-5-9(14)12-15-10-6-2-4-8(13)11(10)17-12/h2,4,6,9H,3,5,7,14H2,1H3. The molecular weight excluding hydrogens is 284 g/mol. The monoisotopic (exact) mass is 298 g/mol. The number of para-hydroxylation sites is 1. The molecule has 2 aromatic rings. The molecule has 0 amide bonds. The molecule has 0 aliphatic heterocycles. The summed E-state index contributed by atoms with van der Waals surface area (Å²) in [5.74, 6) is 0.586. The van der Waals surface area contributed by atoms with Crippen LogP contribution in [0.3, 0.4) is 0 Å². The first kappa shape index (κ1) is 12.5. The fourth-order valence-electron chi connectivity index (χ4n) is 1.66. The van der Waals surface area contributed by atoms with Crippen LogP contribution in [0.4, 0.5) is 0 Å². The summed E-state index contributed by atoms with van der Waals surface area (Å²) in [5.41, 5.74) is 7.61. The Morgan fingerprint density at radius 1 is 1.53 bits per heavy atom. The molecule has 0 aliphatic carbocycles. The van der Waals surface area contributed by atoms with Crippen molar-refractivity contribution >= 4 is 27.0 Å². The molecule has 0 saturated heterocycles. The van der Waals surface area contributed by atoms with Crippen LogP contribution in [0.25, 0.3) is 11.1 Å². The Kier molecular flexibility index (Phi) is 4.15. The quantitative estimate of drug-likeness (QED) is 0.862. The third-order valence-corrected chi connectivity index (χ3v) is 3.19. The van der Waals surface area contributed by atoms with Gasteiger partial charge in [-0.2, -0.15) is 0 Å². The van der Waals surface area contributed by atoms with Crippen LogP contribution in [0.2, 0.25) is 0 Å². The van der Waals surface area contributed by atoms with E-state index in [1.54, 1.807) is 7.11 Å². The summed E-state index contributed by atoms with van der Waals surface area (Å²) in [6.45, 7) is 0.706. The van der Waals surface area contributed by atoms with E-state index in [2.05, 4.69) is 20.9 Å². The SMILES string of the molecule is COCCCC(N)c1nc2cccc(Br)c2o1. The molecule has 0 aliphatic rings. The molecule has 92 valence electrons. The minimum atomic E-state index is -0.176. The number of ether oxygens (including phenoxy) is 1. The van der Waals surface area contributed by atoms with E-state index in [-0.39, 0.29) is 6.04 Å². The summed E-state index contributed by atoms with van der Waals surface area (Å²) in [6, 6.07) is 5.59. The van der Waals surface area contributed by atoms with Gasteiger partial charge in [-0.05, 0) is 40.9 Å². The lowest BCUT2D eigenvalue weighted by molar-refractivity contribution is 0.189. The molecule has 1 unspecified atom stereocenters. The second kappa shape index (κ2) is 5.62. The minimum Gasteiger partial charge on any atom is -0.438 e. The van der Waals surface area contributed by atoms with Crippen molar-refractivity contribution in [3.05, 3.63) is 28.6 Å². The van der Waals surface area contributed by atoms with Gasteiger partial charge in [0, 0.05) is 13.7 Å². The summed E-state index contributed by atoms with van der Waals surface area (Å²) < 4.78 is 11.6. The van der Waals surface area contributed by atoms with Crippen LogP contribution in [-0.2, 0) is 4.74 Å². The maximum absolute atomic E-state index is 6.02. The molecule has 1 atom stereocenters. The molecule has 1 aromatic heterocycles. The van der Waals surface area contributed by atoms with E-state index in [0.717, 1.165) is 28.4 Å². The van der Waals surface area contributed by atoms with Gasteiger partial charge in [0.1, 0.15) is 5.52 Å². The number of rotatable bonds is 5. The molecule has 0 spiro atoms. The van der Waals surface area contributed by atoms with E-state index in [0.29, 0.717) is 12.5 Å². The van der Waals surface area contributed by atoms with Crippen molar-refractivity contribution < 1.29 is 9.15 Å². The Balaban J connectivity index is 2.16. The molecule has 5 heteroatoms. The summed E-state index contributed by atoms with van der Waals surface area (Å²) in [4.78, 5) is 4.39. The number of nitrogens with two attached hydrogens (primary N) is 1. The first-order chi connectivity index (χ1) is 8.22. The lowest BCUT2D eigenvalue weighted by Gasteiger charge is -2.05. The van der Waals surface area contributed by atoms with E-state index in [1.807, 2.05) is 18.2 Å². The maximum Gasteiger partial charge on any atom is 0.212 e. The van der Waals surface area contributed by atoms with Gasteiger partial charge in [-0.1, -0.05) is 6.07 Å². The number of hydrogen-bond acceptors (Lipinski definition) is 4. The van der Waals surface area contributed by atoms with E-state index in [1.165, 1.54) is 0 Å². The van der Waals surface area contributed by atoms with Gasteiger partial charge in [0.2, 0.25) is 5.89 Å². The van der Waals surface area contributed by atoms with Gasteiger partial charge < -0.3 is 14.9 Å². The summed E-state index contributed by atoms with van der Waals surface area (Å²) in [5, 5.41) is 0. The number of methoxy groups -OCH3 is 1. The highest BCUT2D eigenvalue weighted by Crippen LogP contribution is 2.27. The predicted octanol–water partition coefficient (Wildman–Crippen LogP) is 3.02. The fraction of sp³-hybridized carbons (Fsp3) is 0.417. The third kappa shape index (κ3) is 2.86. The molecule has 4 nitrogen and oxygen atoms in total. The van der Waals surface area contributed by atoms with Crippen molar-refractivity contribution in [3.63, 3.8) is 0 Å². The predicted molar refractivity (Wildman–Crippen MR) is 69.7 cm³/mol. The number of hydrogen-bond donors (Lipinski definition) is 1. The Morgan fingerprint density at radius 2 is 2.35 bits per heavy atom. The average molecular weight is 299 g/mol. The Morgan fingerprint density at radius 3 is 3.06 bits per heavy atom. The minimum absolute atomic E-state index is 0.176. The van der Waals surface area contributed by atoms with Crippen molar-refractivity contribution in [2.45, 2.75) is 18.9 Å². The molecule has 1 aromatic carbocycles. The normalized spacial score (nSPS) is 13.1. The van der Waals surface area contributed by atoms with Crippen LogP contribution in [0, 0.1) is 0 Å². The number of nitrogens with zero attached hydrogens (tertiary/aromatic N) is 1. The van der Waals surface area contributed by atoms with Crippen molar-refractivity contribution in [2.75, 3.05) is 13.7 Å². The Labute approximate surface area is 108 Å². The second-order valence-corrected chi connectivity index (χ2v) is 4.74. The van der Waals surface area contributed by atoms with Crippen LogP contribution < -0.4 is 5.73 Å². The zero-order chi connectivity index (χ0) is 12.3. The molecule has 0 saturated carbocycles. The van der Waals surface area contributed by atoms with Crippen molar-refractivity contribution in [1.82, 2.24) is 4.98 Å². The molecule has 17 heavy (non-hydrogen) atoms. The average Bonchev–Trinajstić information content (AvgIpc) is 2.75. The van der Waals surface area contributed by atoms with Crippen molar-refractivity contribution in [1.29, 1.82) is 0 Å². The lowest BCUT2D eigenvalue weighted by Crippen LogP contribution is -2.11. The van der Waals surface area contributed by atoms with Crippen LogP contribution in [0.5, 0.6) is 0 Å². The molecule has 0 radical (unpaired) electrons. The molecule has 0 fully saturated rings. The Bertz CT molecular complexity index is 498. The first-order valence-corrected chi connectivity index (χ1v) is 6.31. The number of halogens is 1. The lowest BCUT2D eigenvalue weighted by atomic mass is 10.2. The van der Waals surface area contributed by atoms with Crippen molar-refractivity contribution in [3.8, 4) is 0 Å². The van der Waals surface area contributed by atoms with Gasteiger partial charge in [0.15, 0.2) is 5.58 Å². The van der Waals surface area contributed by atoms with Gasteiger partial charge >= 0.3 is 0 Å². The highest BCUT2D eigenvalue weighted by atomic mass is 79.9. The molecule has 2 rings (SSSR count). The van der Waals surface area contributed by atoms with E-state index >= 15 is 0 Å². The number of benzene rings is 1. The fourth-order valence-corrected chi connectivity index (χ4v) is 2.10. The molecular formula is C12H15BrN2O2. The number of oxazole rings is 1. The van der Waals surface area contributed by atoms with Gasteiger partial charge in [-0.15, -0.1) is 0 Å². The number of aromatic nitrogens is 1. The highest BCUT2D eigenvalue weighted by Gasteiger charge is 2.14. The molecule has 0 bridgehead atoms. The molecule has 2 N–H and O–H groups in total. The summed E-state index contributed by atoms with van der Waals surface area (Å²) in [6.07, 6.45) is 1.70. The zero-order valence-corrected chi connectivity index (χ0v) is 11.2.